The Morgan fingerprint density at radius 3 is 2.71 bits per heavy atom. The summed E-state index contributed by atoms with van der Waals surface area (Å²) in [6.07, 6.45) is 1.41. The first kappa shape index (κ1) is 13.3. The number of likely N-dealkylation sites (N-methyl/N-ethyl adjacent to an activating group) is 1. The second-order valence-electron chi connectivity index (χ2n) is 4.25. The van der Waals surface area contributed by atoms with Gasteiger partial charge in [-0.05, 0) is 30.9 Å². The molecule has 0 radical (unpaired) electrons. The van der Waals surface area contributed by atoms with Gasteiger partial charge in [0.25, 0.3) is 10.0 Å². The van der Waals surface area contributed by atoms with E-state index in [2.05, 4.69) is 0 Å². The van der Waals surface area contributed by atoms with Gasteiger partial charge in [-0.15, -0.1) is 11.3 Å². The maximum absolute atomic E-state index is 12.1. The highest BCUT2D eigenvalue weighted by molar-refractivity contribution is 7.91. The summed E-state index contributed by atoms with van der Waals surface area (Å²) in [5, 5.41) is 9.75. The Labute approximate surface area is 110 Å². The molecule has 1 fully saturated rings. The van der Waals surface area contributed by atoms with E-state index in [1.165, 1.54) is 17.4 Å². The van der Waals surface area contributed by atoms with Crippen LogP contribution in [0.5, 0.6) is 0 Å². The fourth-order valence-electron chi connectivity index (χ4n) is 1.58. The standard InChI is InChI=1S/C10H14ClNO3S2/c1-12(6-8(13)7-2-3-7)17(14,15)10-5-4-9(11)16-10/h4-5,7-8,13H,2-3,6H2,1H3. The van der Waals surface area contributed by atoms with Crippen molar-refractivity contribution < 1.29 is 13.5 Å². The van der Waals surface area contributed by atoms with Crippen LogP contribution in [0.4, 0.5) is 0 Å². The van der Waals surface area contributed by atoms with Gasteiger partial charge in [0.05, 0.1) is 10.4 Å². The molecule has 0 aliphatic heterocycles. The smallest absolute Gasteiger partial charge is 0.252 e. The largest absolute Gasteiger partial charge is 0.391 e. The lowest BCUT2D eigenvalue weighted by Gasteiger charge is -2.19. The SMILES string of the molecule is CN(CC(O)C1CC1)S(=O)(=O)c1ccc(Cl)s1. The van der Waals surface area contributed by atoms with Crippen LogP contribution < -0.4 is 0 Å². The van der Waals surface area contributed by atoms with Crippen LogP contribution in [0.25, 0.3) is 0 Å². The molecule has 1 aromatic heterocycles. The minimum atomic E-state index is -3.51. The van der Waals surface area contributed by atoms with Crippen LogP contribution in [0.2, 0.25) is 4.34 Å². The number of nitrogens with zero attached hydrogens (tertiary/aromatic N) is 1. The van der Waals surface area contributed by atoms with E-state index >= 15 is 0 Å². The zero-order valence-electron chi connectivity index (χ0n) is 9.34. The quantitative estimate of drug-likeness (QED) is 0.901. The van der Waals surface area contributed by atoms with Crippen molar-refractivity contribution >= 4 is 33.0 Å². The first-order chi connectivity index (χ1) is 7.91. The molecule has 1 aliphatic carbocycles. The van der Waals surface area contributed by atoms with Gasteiger partial charge in [-0.3, -0.25) is 0 Å². The number of hydrogen-bond acceptors (Lipinski definition) is 4. The molecule has 4 nitrogen and oxygen atoms in total. The molecule has 0 aromatic carbocycles. The van der Waals surface area contributed by atoms with Crippen molar-refractivity contribution in [1.29, 1.82) is 0 Å². The number of hydrogen-bond donors (Lipinski definition) is 1. The maximum Gasteiger partial charge on any atom is 0.252 e. The van der Waals surface area contributed by atoms with Crippen molar-refractivity contribution in [2.24, 2.45) is 5.92 Å². The van der Waals surface area contributed by atoms with E-state index in [1.807, 2.05) is 0 Å². The van der Waals surface area contributed by atoms with E-state index in [0.29, 0.717) is 4.34 Å². The van der Waals surface area contributed by atoms with E-state index in [-0.39, 0.29) is 16.7 Å². The average Bonchev–Trinajstić information content (AvgIpc) is 3.01. The molecule has 2 rings (SSSR count). The van der Waals surface area contributed by atoms with Gasteiger partial charge in [0, 0.05) is 13.6 Å². The number of aliphatic hydroxyl groups excluding tert-OH is 1. The Hall–Kier alpha value is -0.140. The molecule has 0 spiro atoms. The van der Waals surface area contributed by atoms with Gasteiger partial charge in [-0.1, -0.05) is 11.6 Å². The Morgan fingerprint density at radius 1 is 1.59 bits per heavy atom. The number of aliphatic hydroxyl groups is 1. The highest BCUT2D eigenvalue weighted by Crippen LogP contribution is 2.34. The van der Waals surface area contributed by atoms with Gasteiger partial charge in [0.2, 0.25) is 0 Å². The molecular formula is C10H14ClNO3S2. The van der Waals surface area contributed by atoms with Gasteiger partial charge < -0.3 is 5.11 Å². The lowest BCUT2D eigenvalue weighted by atomic mass is 10.2. The summed E-state index contributed by atoms with van der Waals surface area (Å²) in [7, 11) is -2.03. The molecule has 0 bridgehead atoms. The van der Waals surface area contributed by atoms with Crippen molar-refractivity contribution in [1.82, 2.24) is 4.31 Å². The number of thiophene rings is 1. The molecule has 1 aliphatic rings. The molecule has 96 valence electrons. The highest BCUT2D eigenvalue weighted by atomic mass is 35.5. The topological polar surface area (TPSA) is 57.6 Å². The summed E-state index contributed by atoms with van der Waals surface area (Å²) in [5.74, 6) is 0.263. The third kappa shape index (κ3) is 3.00. The molecule has 1 aromatic rings. The van der Waals surface area contributed by atoms with Gasteiger partial charge >= 0.3 is 0 Å². The van der Waals surface area contributed by atoms with Crippen molar-refractivity contribution in [3.8, 4) is 0 Å². The Balaban J connectivity index is 2.09. The van der Waals surface area contributed by atoms with Crippen LogP contribution >= 0.6 is 22.9 Å². The third-order valence-electron chi connectivity index (χ3n) is 2.82. The number of rotatable bonds is 5. The zero-order valence-corrected chi connectivity index (χ0v) is 11.7. The van der Waals surface area contributed by atoms with E-state index in [4.69, 9.17) is 11.6 Å². The van der Waals surface area contributed by atoms with Crippen LogP contribution in [0.3, 0.4) is 0 Å². The maximum atomic E-state index is 12.1. The minimum absolute atomic E-state index is 0.141. The third-order valence-corrected chi connectivity index (χ3v) is 6.35. The second-order valence-corrected chi connectivity index (χ2v) is 8.24. The molecule has 1 atom stereocenters. The number of halogens is 1. The molecule has 0 amide bonds. The molecule has 7 heteroatoms. The predicted molar refractivity (Wildman–Crippen MR) is 67.9 cm³/mol. The molecule has 1 heterocycles. The van der Waals surface area contributed by atoms with Crippen LogP contribution in [0.15, 0.2) is 16.3 Å². The fraction of sp³-hybridized carbons (Fsp3) is 0.600. The average molecular weight is 296 g/mol. The minimum Gasteiger partial charge on any atom is -0.391 e. The Morgan fingerprint density at radius 2 is 2.24 bits per heavy atom. The summed E-state index contributed by atoms with van der Waals surface area (Å²) in [4.78, 5) is 0. The van der Waals surface area contributed by atoms with Crippen LogP contribution in [0, 0.1) is 5.92 Å². The van der Waals surface area contributed by atoms with Crippen molar-refractivity contribution in [2.45, 2.75) is 23.2 Å². The lowest BCUT2D eigenvalue weighted by Crippen LogP contribution is -2.34. The summed E-state index contributed by atoms with van der Waals surface area (Å²) in [5.41, 5.74) is 0. The van der Waals surface area contributed by atoms with E-state index in [1.54, 1.807) is 6.07 Å². The normalized spacial score (nSPS) is 18.6. The van der Waals surface area contributed by atoms with Crippen LogP contribution in [0.1, 0.15) is 12.8 Å². The van der Waals surface area contributed by atoms with Crippen LogP contribution in [-0.2, 0) is 10.0 Å². The highest BCUT2D eigenvalue weighted by Gasteiger charge is 2.33. The zero-order chi connectivity index (χ0) is 12.6. The van der Waals surface area contributed by atoms with E-state index in [9.17, 15) is 13.5 Å². The van der Waals surface area contributed by atoms with E-state index in [0.717, 1.165) is 24.2 Å². The molecule has 1 N–H and O–H groups in total. The summed E-state index contributed by atoms with van der Waals surface area (Å²) in [6.45, 7) is 0.141. The van der Waals surface area contributed by atoms with Crippen LogP contribution in [-0.4, -0.2) is 37.5 Å². The first-order valence-corrected chi connectivity index (χ1v) is 7.94. The lowest BCUT2D eigenvalue weighted by molar-refractivity contribution is 0.131. The molecular weight excluding hydrogens is 282 g/mol. The predicted octanol–water partition coefficient (Wildman–Crippen LogP) is 1.79. The molecule has 17 heavy (non-hydrogen) atoms. The Kier molecular flexibility index (Phi) is 3.80. The van der Waals surface area contributed by atoms with Crippen molar-refractivity contribution in [3.05, 3.63) is 16.5 Å². The van der Waals surface area contributed by atoms with Gasteiger partial charge in [-0.2, -0.15) is 4.31 Å². The Bertz CT molecular complexity index is 495. The summed E-state index contributed by atoms with van der Waals surface area (Å²) < 4.78 is 26.0. The molecule has 1 saturated carbocycles. The van der Waals surface area contributed by atoms with Gasteiger partial charge in [0.1, 0.15) is 4.21 Å². The molecule has 0 saturated heterocycles. The number of sulfonamides is 1. The van der Waals surface area contributed by atoms with Gasteiger partial charge in [0.15, 0.2) is 0 Å². The van der Waals surface area contributed by atoms with Gasteiger partial charge in [-0.25, -0.2) is 8.42 Å². The summed E-state index contributed by atoms with van der Waals surface area (Å²) >= 11 is 6.75. The monoisotopic (exact) mass is 295 g/mol. The second kappa shape index (κ2) is 4.85. The van der Waals surface area contributed by atoms with Crippen molar-refractivity contribution in [2.75, 3.05) is 13.6 Å². The summed E-state index contributed by atoms with van der Waals surface area (Å²) in [6, 6.07) is 3.05. The van der Waals surface area contributed by atoms with Crippen molar-refractivity contribution in [3.63, 3.8) is 0 Å². The first-order valence-electron chi connectivity index (χ1n) is 5.31. The fourth-order valence-corrected chi connectivity index (χ4v) is 4.46. The van der Waals surface area contributed by atoms with E-state index < -0.39 is 16.1 Å². The molecule has 1 unspecified atom stereocenters.